The van der Waals surface area contributed by atoms with Crippen molar-refractivity contribution < 1.29 is 14.3 Å². The standard InChI is InChI=1S/C17H15Cl2N3O3/c1-25-17(24)14-8-11(16(23)9-2-4-21-5-3-9)15-12(19)6-10(18)7-13(15)22(14)20/h2-7,11,14H,8,20H2,1H3. The molecule has 0 saturated heterocycles. The average molecular weight is 380 g/mol. The van der Waals surface area contributed by atoms with Gasteiger partial charge in [0.2, 0.25) is 0 Å². The number of ether oxygens (including phenoxy) is 1. The molecule has 0 radical (unpaired) electrons. The molecule has 130 valence electrons. The molecule has 1 aliphatic rings. The summed E-state index contributed by atoms with van der Waals surface area (Å²) in [6.07, 6.45) is 3.22. The van der Waals surface area contributed by atoms with E-state index in [0.29, 0.717) is 26.9 Å². The van der Waals surface area contributed by atoms with E-state index in [2.05, 4.69) is 4.98 Å². The number of ketones is 1. The Morgan fingerprint density at radius 3 is 2.60 bits per heavy atom. The van der Waals surface area contributed by atoms with Crippen LogP contribution < -0.4 is 10.9 Å². The van der Waals surface area contributed by atoms with E-state index in [-0.39, 0.29) is 12.2 Å². The summed E-state index contributed by atoms with van der Waals surface area (Å²) in [5.74, 6) is 4.75. The van der Waals surface area contributed by atoms with Crippen molar-refractivity contribution in [1.29, 1.82) is 0 Å². The lowest BCUT2D eigenvalue weighted by Gasteiger charge is -2.37. The number of halogens is 2. The van der Waals surface area contributed by atoms with Crippen molar-refractivity contribution in [3.05, 3.63) is 57.8 Å². The van der Waals surface area contributed by atoms with Crippen LogP contribution in [0.15, 0.2) is 36.7 Å². The van der Waals surface area contributed by atoms with E-state index in [1.165, 1.54) is 24.5 Å². The maximum Gasteiger partial charge on any atom is 0.330 e. The minimum atomic E-state index is -0.817. The molecule has 6 nitrogen and oxygen atoms in total. The summed E-state index contributed by atoms with van der Waals surface area (Å²) in [5, 5.41) is 1.95. The van der Waals surface area contributed by atoms with Crippen molar-refractivity contribution in [1.82, 2.24) is 4.98 Å². The highest BCUT2D eigenvalue weighted by Crippen LogP contribution is 2.44. The predicted molar refractivity (Wildman–Crippen MR) is 94.9 cm³/mol. The van der Waals surface area contributed by atoms with Gasteiger partial charge in [-0.25, -0.2) is 10.6 Å². The van der Waals surface area contributed by atoms with E-state index < -0.39 is 17.9 Å². The van der Waals surface area contributed by atoms with Gasteiger partial charge in [0.15, 0.2) is 5.78 Å². The Kier molecular flexibility index (Phi) is 4.94. The van der Waals surface area contributed by atoms with Crippen molar-refractivity contribution in [2.75, 3.05) is 12.1 Å². The number of fused-ring (bicyclic) bond motifs is 1. The number of carbonyl (C=O) groups excluding carboxylic acids is 2. The highest BCUT2D eigenvalue weighted by molar-refractivity contribution is 6.36. The maximum absolute atomic E-state index is 13.0. The molecule has 3 rings (SSSR count). The molecule has 8 heteroatoms. The Bertz CT molecular complexity index is 829. The molecule has 2 atom stereocenters. The summed E-state index contributed by atoms with van der Waals surface area (Å²) < 4.78 is 4.82. The van der Waals surface area contributed by atoms with Crippen LogP contribution in [0.3, 0.4) is 0 Å². The first-order chi connectivity index (χ1) is 11.9. The smallest absolute Gasteiger partial charge is 0.330 e. The van der Waals surface area contributed by atoms with Gasteiger partial charge in [0, 0.05) is 33.6 Å². The van der Waals surface area contributed by atoms with Crippen LogP contribution in [0.2, 0.25) is 10.0 Å². The normalized spacial score (nSPS) is 19.3. The number of benzene rings is 1. The molecular formula is C17H15Cl2N3O3. The number of hydrazine groups is 1. The monoisotopic (exact) mass is 379 g/mol. The number of rotatable bonds is 3. The fourth-order valence-corrected chi connectivity index (χ4v) is 3.67. The molecule has 0 bridgehead atoms. The summed E-state index contributed by atoms with van der Waals surface area (Å²) in [6, 6.07) is 5.57. The summed E-state index contributed by atoms with van der Waals surface area (Å²) >= 11 is 12.4. The fourth-order valence-electron chi connectivity index (χ4n) is 3.05. The number of nitrogens with zero attached hydrogens (tertiary/aromatic N) is 2. The van der Waals surface area contributed by atoms with E-state index >= 15 is 0 Å². The molecule has 2 aromatic rings. The van der Waals surface area contributed by atoms with Gasteiger partial charge in [-0.1, -0.05) is 23.2 Å². The second-order valence-corrected chi connectivity index (χ2v) is 6.50. The molecule has 25 heavy (non-hydrogen) atoms. The number of anilines is 1. The van der Waals surface area contributed by atoms with Crippen LogP contribution in [0.25, 0.3) is 0 Å². The van der Waals surface area contributed by atoms with Gasteiger partial charge in [-0.2, -0.15) is 0 Å². The predicted octanol–water partition coefficient (Wildman–Crippen LogP) is 2.98. The first kappa shape index (κ1) is 17.7. The van der Waals surface area contributed by atoms with Crippen molar-refractivity contribution in [2.45, 2.75) is 18.4 Å². The number of esters is 1. The van der Waals surface area contributed by atoms with Crippen molar-refractivity contribution in [3.8, 4) is 0 Å². The highest BCUT2D eigenvalue weighted by atomic mass is 35.5. The van der Waals surface area contributed by atoms with Crippen LogP contribution in [0, 0.1) is 0 Å². The molecule has 0 amide bonds. The number of hydrogen-bond donors (Lipinski definition) is 1. The van der Waals surface area contributed by atoms with Gasteiger partial charge in [-0.3, -0.25) is 14.8 Å². The summed E-state index contributed by atoms with van der Waals surface area (Å²) in [7, 11) is 1.27. The number of hydrogen-bond acceptors (Lipinski definition) is 6. The third kappa shape index (κ3) is 3.20. The number of nitrogens with two attached hydrogens (primary N) is 1. The second kappa shape index (κ2) is 7.00. The number of aromatic nitrogens is 1. The lowest BCUT2D eigenvalue weighted by Crippen LogP contribution is -2.51. The fraction of sp³-hybridized carbons (Fsp3) is 0.235. The first-order valence-corrected chi connectivity index (χ1v) is 8.24. The highest BCUT2D eigenvalue weighted by Gasteiger charge is 2.41. The molecule has 0 spiro atoms. The van der Waals surface area contributed by atoms with E-state index in [1.54, 1.807) is 24.3 Å². The molecular weight excluding hydrogens is 365 g/mol. The maximum atomic E-state index is 13.0. The van der Waals surface area contributed by atoms with Crippen LogP contribution in [-0.2, 0) is 9.53 Å². The Morgan fingerprint density at radius 1 is 1.28 bits per heavy atom. The minimum Gasteiger partial charge on any atom is -0.467 e. The van der Waals surface area contributed by atoms with Crippen LogP contribution in [0.1, 0.15) is 28.3 Å². The third-order valence-corrected chi connectivity index (χ3v) is 4.78. The van der Waals surface area contributed by atoms with Crippen LogP contribution in [0.5, 0.6) is 0 Å². The Balaban J connectivity index is 2.13. The first-order valence-electron chi connectivity index (χ1n) is 7.49. The number of carbonyl (C=O) groups is 2. The minimum absolute atomic E-state index is 0.151. The molecule has 1 aromatic carbocycles. The van der Waals surface area contributed by atoms with Crippen molar-refractivity contribution in [3.63, 3.8) is 0 Å². The molecule has 1 aromatic heterocycles. The van der Waals surface area contributed by atoms with Crippen LogP contribution in [0.4, 0.5) is 5.69 Å². The van der Waals surface area contributed by atoms with E-state index in [4.69, 9.17) is 33.8 Å². The quantitative estimate of drug-likeness (QED) is 0.501. The molecule has 2 unspecified atom stereocenters. The Hall–Kier alpha value is -2.15. The van der Waals surface area contributed by atoms with Gasteiger partial charge in [0.25, 0.3) is 0 Å². The average Bonchev–Trinajstić information content (AvgIpc) is 2.62. The van der Waals surface area contributed by atoms with E-state index in [1.807, 2.05) is 0 Å². The second-order valence-electron chi connectivity index (χ2n) is 5.66. The molecule has 0 saturated carbocycles. The number of pyridine rings is 1. The van der Waals surface area contributed by atoms with E-state index in [9.17, 15) is 9.59 Å². The zero-order valence-corrected chi connectivity index (χ0v) is 14.8. The number of Topliss-reactive ketones (excluding diaryl/α,β-unsaturated/α-hetero) is 1. The molecule has 0 aliphatic carbocycles. The summed E-state index contributed by atoms with van der Waals surface area (Å²) in [4.78, 5) is 29.1. The summed E-state index contributed by atoms with van der Waals surface area (Å²) in [5.41, 5.74) is 1.47. The zero-order chi connectivity index (χ0) is 18.1. The number of methoxy groups -OCH3 is 1. The zero-order valence-electron chi connectivity index (χ0n) is 13.3. The van der Waals surface area contributed by atoms with Crippen LogP contribution in [-0.4, -0.2) is 29.9 Å². The summed E-state index contributed by atoms with van der Waals surface area (Å²) in [6.45, 7) is 0. The molecule has 0 fully saturated rings. The van der Waals surface area contributed by atoms with Gasteiger partial charge in [0.1, 0.15) is 6.04 Å². The molecule has 2 N–H and O–H groups in total. The van der Waals surface area contributed by atoms with Crippen molar-refractivity contribution >= 4 is 40.6 Å². The topological polar surface area (TPSA) is 85.5 Å². The van der Waals surface area contributed by atoms with Gasteiger partial charge < -0.3 is 4.74 Å². The molecule has 1 aliphatic heterocycles. The van der Waals surface area contributed by atoms with Gasteiger partial charge in [-0.05, 0) is 30.7 Å². The largest absolute Gasteiger partial charge is 0.467 e. The van der Waals surface area contributed by atoms with Crippen molar-refractivity contribution in [2.24, 2.45) is 5.84 Å². The third-order valence-electron chi connectivity index (χ3n) is 4.25. The van der Waals surface area contributed by atoms with E-state index in [0.717, 1.165) is 0 Å². The SMILES string of the molecule is COC(=O)C1CC(C(=O)c2ccncc2)c2c(Cl)cc(Cl)cc2N1N. The lowest BCUT2D eigenvalue weighted by atomic mass is 9.81. The Morgan fingerprint density at radius 2 is 1.96 bits per heavy atom. The lowest BCUT2D eigenvalue weighted by molar-refractivity contribution is -0.142. The van der Waals surface area contributed by atoms with Gasteiger partial charge in [-0.15, -0.1) is 0 Å². The van der Waals surface area contributed by atoms with Gasteiger partial charge >= 0.3 is 5.97 Å². The van der Waals surface area contributed by atoms with Crippen LogP contribution >= 0.6 is 23.2 Å². The molecule has 2 heterocycles. The van der Waals surface area contributed by atoms with Gasteiger partial charge in [0.05, 0.1) is 18.7 Å². The Labute approximate surface area is 154 Å².